The highest BCUT2D eigenvalue weighted by molar-refractivity contribution is 6.42. The van der Waals surface area contributed by atoms with Gasteiger partial charge < -0.3 is 10.5 Å². The van der Waals surface area contributed by atoms with E-state index < -0.39 is 0 Å². The van der Waals surface area contributed by atoms with Crippen molar-refractivity contribution in [1.29, 1.82) is 0 Å². The molecule has 18 heavy (non-hydrogen) atoms. The van der Waals surface area contributed by atoms with E-state index in [1.54, 1.807) is 6.07 Å². The summed E-state index contributed by atoms with van der Waals surface area (Å²) in [5.41, 5.74) is 7.08. The molecule has 1 aliphatic rings. The van der Waals surface area contributed by atoms with Gasteiger partial charge in [-0.05, 0) is 24.5 Å². The highest BCUT2D eigenvalue weighted by Gasteiger charge is 2.27. The fourth-order valence-corrected chi connectivity index (χ4v) is 2.80. The van der Waals surface area contributed by atoms with E-state index in [1.807, 2.05) is 12.1 Å². The number of hydrogen-bond acceptors (Lipinski definition) is 2. The van der Waals surface area contributed by atoms with Gasteiger partial charge in [0.1, 0.15) is 0 Å². The minimum absolute atomic E-state index is 0.150. The van der Waals surface area contributed by atoms with Gasteiger partial charge in [0.2, 0.25) is 0 Å². The standard InChI is InChI=1S/C14H19Cl2NO/c15-12-6-4-5-11(13(12)16)9-18-10-14(17)7-2-1-3-8-14/h4-6H,1-3,7-10,17H2. The molecule has 0 aliphatic heterocycles. The Labute approximate surface area is 118 Å². The lowest BCUT2D eigenvalue weighted by molar-refractivity contribution is 0.0575. The second-order valence-electron chi connectivity index (χ2n) is 5.13. The molecule has 0 aromatic heterocycles. The number of nitrogens with two attached hydrogens (primary N) is 1. The molecule has 1 fully saturated rings. The Morgan fingerprint density at radius 2 is 1.89 bits per heavy atom. The van der Waals surface area contributed by atoms with Gasteiger partial charge in [-0.15, -0.1) is 0 Å². The Bertz CT molecular complexity index is 403. The van der Waals surface area contributed by atoms with Crippen LogP contribution in [0.5, 0.6) is 0 Å². The number of rotatable bonds is 4. The maximum Gasteiger partial charge on any atom is 0.0732 e. The summed E-state index contributed by atoms with van der Waals surface area (Å²) in [5.74, 6) is 0. The topological polar surface area (TPSA) is 35.2 Å². The lowest BCUT2D eigenvalue weighted by atomic mass is 9.83. The van der Waals surface area contributed by atoms with Gasteiger partial charge >= 0.3 is 0 Å². The van der Waals surface area contributed by atoms with Gasteiger partial charge in [-0.25, -0.2) is 0 Å². The van der Waals surface area contributed by atoms with E-state index in [-0.39, 0.29) is 5.54 Å². The highest BCUT2D eigenvalue weighted by atomic mass is 35.5. The summed E-state index contributed by atoms with van der Waals surface area (Å²) in [6, 6.07) is 5.59. The second-order valence-corrected chi connectivity index (χ2v) is 5.91. The van der Waals surface area contributed by atoms with Crippen LogP contribution in [0.15, 0.2) is 18.2 Å². The molecule has 4 heteroatoms. The van der Waals surface area contributed by atoms with Crippen LogP contribution in [0.1, 0.15) is 37.7 Å². The lowest BCUT2D eigenvalue weighted by Gasteiger charge is -2.33. The van der Waals surface area contributed by atoms with Gasteiger partial charge in [0, 0.05) is 5.54 Å². The van der Waals surface area contributed by atoms with E-state index in [0.717, 1.165) is 18.4 Å². The largest absolute Gasteiger partial charge is 0.375 e. The van der Waals surface area contributed by atoms with Crippen LogP contribution in [0.3, 0.4) is 0 Å². The Hall–Kier alpha value is -0.280. The van der Waals surface area contributed by atoms with E-state index in [9.17, 15) is 0 Å². The second kappa shape index (κ2) is 6.25. The first-order valence-electron chi connectivity index (χ1n) is 6.40. The molecule has 0 atom stereocenters. The van der Waals surface area contributed by atoms with Crippen LogP contribution >= 0.6 is 23.2 Å². The monoisotopic (exact) mass is 287 g/mol. The molecule has 0 heterocycles. The first kappa shape index (κ1) is 14.1. The molecular formula is C14H19Cl2NO. The first-order chi connectivity index (χ1) is 8.61. The summed E-state index contributed by atoms with van der Waals surface area (Å²) in [6.07, 6.45) is 5.81. The normalized spacial score (nSPS) is 18.8. The Kier molecular flexibility index (Phi) is 4.91. The highest BCUT2D eigenvalue weighted by Crippen LogP contribution is 2.28. The fourth-order valence-electron chi connectivity index (χ4n) is 2.42. The molecule has 0 unspecified atom stereocenters. The molecule has 0 bridgehead atoms. The Morgan fingerprint density at radius 3 is 2.61 bits per heavy atom. The quantitative estimate of drug-likeness (QED) is 0.902. The molecule has 1 aromatic carbocycles. The minimum atomic E-state index is -0.150. The molecule has 1 saturated carbocycles. The van der Waals surface area contributed by atoms with Crippen LogP contribution in [-0.4, -0.2) is 12.1 Å². The summed E-state index contributed by atoms with van der Waals surface area (Å²) in [4.78, 5) is 0. The van der Waals surface area contributed by atoms with Crippen LogP contribution in [0, 0.1) is 0 Å². The number of benzene rings is 1. The van der Waals surface area contributed by atoms with Crippen LogP contribution in [-0.2, 0) is 11.3 Å². The predicted octanol–water partition coefficient (Wildman–Crippen LogP) is 4.17. The van der Waals surface area contributed by atoms with Crippen molar-refractivity contribution in [2.75, 3.05) is 6.61 Å². The third-order valence-corrected chi connectivity index (χ3v) is 4.39. The van der Waals surface area contributed by atoms with Crippen molar-refractivity contribution >= 4 is 23.2 Å². The van der Waals surface area contributed by atoms with Crippen molar-refractivity contribution in [3.63, 3.8) is 0 Å². The molecule has 2 nitrogen and oxygen atoms in total. The third kappa shape index (κ3) is 3.61. The van der Waals surface area contributed by atoms with E-state index in [1.165, 1.54) is 19.3 Å². The molecule has 1 aromatic rings. The lowest BCUT2D eigenvalue weighted by Crippen LogP contribution is -2.46. The zero-order valence-electron chi connectivity index (χ0n) is 10.4. The molecule has 1 aliphatic carbocycles. The maximum atomic E-state index is 6.31. The smallest absolute Gasteiger partial charge is 0.0732 e. The van der Waals surface area contributed by atoms with Crippen molar-refractivity contribution in [1.82, 2.24) is 0 Å². The van der Waals surface area contributed by atoms with Crippen LogP contribution in [0.25, 0.3) is 0 Å². The summed E-state index contributed by atoms with van der Waals surface area (Å²) >= 11 is 12.1. The third-order valence-electron chi connectivity index (χ3n) is 3.53. The molecule has 0 saturated heterocycles. The fraction of sp³-hybridized carbons (Fsp3) is 0.571. The number of halogens is 2. The first-order valence-corrected chi connectivity index (χ1v) is 7.16. The Morgan fingerprint density at radius 1 is 1.17 bits per heavy atom. The molecule has 100 valence electrons. The van der Waals surface area contributed by atoms with E-state index in [4.69, 9.17) is 33.7 Å². The Balaban J connectivity index is 1.86. The average Bonchev–Trinajstić information content (AvgIpc) is 2.35. The summed E-state index contributed by atoms with van der Waals surface area (Å²) in [5, 5.41) is 1.15. The van der Waals surface area contributed by atoms with Gasteiger partial charge in [0.25, 0.3) is 0 Å². The van der Waals surface area contributed by atoms with Crippen molar-refractivity contribution in [3.8, 4) is 0 Å². The van der Waals surface area contributed by atoms with E-state index in [2.05, 4.69) is 0 Å². The van der Waals surface area contributed by atoms with E-state index in [0.29, 0.717) is 23.3 Å². The summed E-state index contributed by atoms with van der Waals surface area (Å²) < 4.78 is 5.73. The summed E-state index contributed by atoms with van der Waals surface area (Å²) in [6.45, 7) is 1.06. The number of hydrogen-bond donors (Lipinski definition) is 1. The van der Waals surface area contributed by atoms with Gasteiger partial charge in [-0.3, -0.25) is 0 Å². The molecule has 0 radical (unpaired) electrons. The van der Waals surface area contributed by atoms with E-state index >= 15 is 0 Å². The van der Waals surface area contributed by atoms with Crippen molar-refractivity contribution in [2.45, 2.75) is 44.2 Å². The van der Waals surface area contributed by atoms with Gasteiger partial charge in [0.05, 0.1) is 23.3 Å². The molecule has 0 amide bonds. The van der Waals surface area contributed by atoms with Crippen molar-refractivity contribution < 1.29 is 4.74 Å². The van der Waals surface area contributed by atoms with Gasteiger partial charge in [-0.2, -0.15) is 0 Å². The van der Waals surface area contributed by atoms with Gasteiger partial charge in [-0.1, -0.05) is 54.6 Å². The number of ether oxygens (including phenoxy) is 1. The van der Waals surface area contributed by atoms with Crippen LogP contribution < -0.4 is 5.73 Å². The maximum absolute atomic E-state index is 6.31. The van der Waals surface area contributed by atoms with Crippen molar-refractivity contribution in [2.24, 2.45) is 5.73 Å². The zero-order valence-corrected chi connectivity index (χ0v) is 11.9. The van der Waals surface area contributed by atoms with Crippen molar-refractivity contribution in [3.05, 3.63) is 33.8 Å². The predicted molar refractivity (Wildman–Crippen MR) is 76.1 cm³/mol. The van der Waals surface area contributed by atoms with Crippen LogP contribution in [0.4, 0.5) is 0 Å². The minimum Gasteiger partial charge on any atom is -0.375 e. The van der Waals surface area contributed by atoms with Gasteiger partial charge in [0.15, 0.2) is 0 Å². The zero-order chi connectivity index (χ0) is 13.0. The molecule has 2 N–H and O–H groups in total. The summed E-state index contributed by atoms with van der Waals surface area (Å²) in [7, 11) is 0. The SMILES string of the molecule is NC1(COCc2cccc(Cl)c2Cl)CCCCC1. The van der Waals surface area contributed by atoms with Crippen LogP contribution in [0.2, 0.25) is 10.0 Å². The molecule has 2 rings (SSSR count). The molecular weight excluding hydrogens is 269 g/mol. The average molecular weight is 288 g/mol. The molecule has 0 spiro atoms.